The van der Waals surface area contributed by atoms with E-state index in [1.807, 2.05) is 0 Å². The highest BCUT2D eigenvalue weighted by atomic mass is 19.1. The second-order valence-corrected chi connectivity index (χ2v) is 5.13. The zero-order valence-corrected chi connectivity index (χ0v) is 11.3. The number of halogens is 1. The Morgan fingerprint density at radius 2 is 2.05 bits per heavy atom. The molecule has 0 unspecified atom stereocenters. The summed E-state index contributed by atoms with van der Waals surface area (Å²) in [5.74, 6) is -1.64. The molecule has 0 radical (unpaired) electrons. The van der Waals surface area contributed by atoms with Gasteiger partial charge in [-0.05, 0) is 18.9 Å². The van der Waals surface area contributed by atoms with Gasteiger partial charge in [0.1, 0.15) is 11.4 Å². The normalized spacial score (nSPS) is 16.8. The lowest BCUT2D eigenvalue weighted by Gasteiger charge is -2.31. The lowest BCUT2D eigenvalue weighted by Crippen LogP contribution is -2.48. The molecule has 1 aromatic carbocycles. The quantitative estimate of drug-likeness (QED) is 0.684. The van der Waals surface area contributed by atoms with Crippen molar-refractivity contribution in [2.75, 3.05) is 0 Å². The minimum Gasteiger partial charge on any atom is -0.334 e. The van der Waals surface area contributed by atoms with E-state index in [9.17, 15) is 24.6 Å². The van der Waals surface area contributed by atoms with Gasteiger partial charge in [0.15, 0.2) is 0 Å². The maximum atomic E-state index is 13.7. The van der Waals surface area contributed by atoms with E-state index in [4.69, 9.17) is 0 Å². The van der Waals surface area contributed by atoms with Gasteiger partial charge >= 0.3 is 0 Å². The Balaban J connectivity index is 2.26. The molecule has 0 heterocycles. The molecule has 1 aliphatic carbocycles. The smallest absolute Gasteiger partial charge is 0.270 e. The first kappa shape index (κ1) is 14.9. The topological polar surface area (TPSA) is 96.0 Å². The molecule has 0 atom stereocenters. The maximum Gasteiger partial charge on any atom is 0.270 e. The number of rotatable bonds is 3. The minimum atomic E-state index is -1.01. The molecule has 1 amide bonds. The number of benzene rings is 1. The van der Waals surface area contributed by atoms with Gasteiger partial charge in [-0.25, -0.2) is 4.39 Å². The Hall–Kier alpha value is -2.49. The Morgan fingerprint density at radius 1 is 1.38 bits per heavy atom. The molecule has 110 valence electrons. The summed E-state index contributed by atoms with van der Waals surface area (Å²) in [5.41, 5.74) is -1.78. The van der Waals surface area contributed by atoms with E-state index in [1.165, 1.54) is 0 Å². The highest BCUT2D eigenvalue weighted by Crippen LogP contribution is 2.28. The maximum absolute atomic E-state index is 13.7. The third-order valence-corrected chi connectivity index (χ3v) is 3.68. The molecule has 2 rings (SSSR count). The fourth-order valence-corrected chi connectivity index (χ4v) is 2.51. The highest BCUT2D eigenvalue weighted by molar-refractivity contribution is 5.95. The molecule has 0 saturated heterocycles. The molecule has 1 saturated carbocycles. The number of carbonyl (C=O) groups is 1. The van der Waals surface area contributed by atoms with E-state index >= 15 is 0 Å². The van der Waals surface area contributed by atoms with E-state index in [-0.39, 0.29) is 5.69 Å². The Kier molecular flexibility index (Phi) is 4.17. The van der Waals surface area contributed by atoms with E-state index < -0.39 is 27.8 Å². The molecule has 1 aromatic rings. The van der Waals surface area contributed by atoms with Gasteiger partial charge in [-0.15, -0.1) is 0 Å². The van der Waals surface area contributed by atoms with E-state index in [0.29, 0.717) is 12.8 Å². The van der Waals surface area contributed by atoms with Crippen molar-refractivity contribution in [1.29, 1.82) is 5.26 Å². The second-order valence-electron chi connectivity index (χ2n) is 5.13. The summed E-state index contributed by atoms with van der Waals surface area (Å²) in [7, 11) is 0. The van der Waals surface area contributed by atoms with Crippen LogP contribution in [0, 0.1) is 27.3 Å². The zero-order valence-electron chi connectivity index (χ0n) is 11.3. The van der Waals surface area contributed by atoms with Crippen LogP contribution < -0.4 is 5.32 Å². The van der Waals surface area contributed by atoms with Crippen LogP contribution in [0.25, 0.3) is 0 Å². The fourth-order valence-electron chi connectivity index (χ4n) is 2.51. The third-order valence-electron chi connectivity index (χ3n) is 3.68. The Bertz CT molecular complexity index is 618. The zero-order chi connectivity index (χ0) is 15.5. The van der Waals surface area contributed by atoms with Crippen molar-refractivity contribution < 1.29 is 14.1 Å². The fraction of sp³-hybridized carbons (Fsp3) is 0.429. The van der Waals surface area contributed by atoms with Gasteiger partial charge in [-0.3, -0.25) is 14.9 Å². The van der Waals surface area contributed by atoms with Crippen LogP contribution in [-0.4, -0.2) is 16.4 Å². The van der Waals surface area contributed by atoms with Gasteiger partial charge in [-0.1, -0.05) is 19.3 Å². The van der Waals surface area contributed by atoms with Crippen LogP contribution in [0.15, 0.2) is 18.2 Å². The number of non-ortho nitro benzene ring substituents is 1. The molecule has 0 spiro atoms. The number of hydrogen-bond acceptors (Lipinski definition) is 4. The van der Waals surface area contributed by atoms with Crippen LogP contribution in [-0.2, 0) is 0 Å². The molecule has 1 aliphatic rings. The highest BCUT2D eigenvalue weighted by Gasteiger charge is 2.34. The predicted octanol–water partition coefficient (Wildman–Crippen LogP) is 2.69. The lowest BCUT2D eigenvalue weighted by molar-refractivity contribution is -0.384. The van der Waals surface area contributed by atoms with E-state index in [0.717, 1.165) is 37.5 Å². The summed E-state index contributed by atoms with van der Waals surface area (Å²) in [6, 6.07) is 4.85. The van der Waals surface area contributed by atoms with Crippen molar-refractivity contribution in [3.63, 3.8) is 0 Å². The summed E-state index contributed by atoms with van der Waals surface area (Å²) >= 11 is 0. The van der Waals surface area contributed by atoms with Crippen molar-refractivity contribution >= 4 is 11.6 Å². The Labute approximate surface area is 120 Å². The Morgan fingerprint density at radius 3 is 2.62 bits per heavy atom. The van der Waals surface area contributed by atoms with Crippen molar-refractivity contribution in [2.45, 2.75) is 37.6 Å². The predicted molar refractivity (Wildman–Crippen MR) is 71.9 cm³/mol. The third kappa shape index (κ3) is 3.16. The number of nitro groups is 1. The van der Waals surface area contributed by atoms with Crippen molar-refractivity contribution in [1.82, 2.24) is 5.32 Å². The molecule has 21 heavy (non-hydrogen) atoms. The number of carbonyl (C=O) groups excluding carboxylic acids is 1. The summed E-state index contributed by atoms with van der Waals surface area (Å²) in [4.78, 5) is 22.1. The summed E-state index contributed by atoms with van der Waals surface area (Å²) in [6.45, 7) is 0. The molecule has 0 aliphatic heterocycles. The molecule has 1 fully saturated rings. The van der Waals surface area contributed by atoms with Crippen molar-refractivity contribution in [2.24, 2.45) is 0 Å². The molecular weight excluding hydrogens is 277 g/mol. The molecule has 7 heteroatoms. The number of nitriles is 1. The number of amides is 1. The minimum absolute atomic E-state index is 0.365. The molecule has 0 aromatic heterocycles. The number of nitrogens with one attached hydrogen (secondary N) is 1. The van der Waals surface area contributed by atoms with Crippen LogP contribution in [0.1, 0.15) is 42.5 Å². The average molecular weight is 291 g/mol. The molecule has 0 bridgehead atoms. The van der Waals surface area contributed by atoms with Crippen molar-refractivity contribution in [3.8, 4) is 6.07 Å². The van der Waals surface area contributed by atoms with Gasteiger partial charge in [0.2, 0.25) is 0 Å². The summed E-state index contributed by atoms with van der Waals surface area (Å²) < 4.78 is 13.7. The first-order valence-electron chi connectivity index (χ1n) is 6.65. The average Bonchev–Trinajstić information content (AvgIpc) is 2.48. The van der Waals surface area contributed by atoms with Crippen LogP contribution in [0.2, 0.25) is 0 Å². The molecule has 1 N–H and O–H groups in total. The molecular formula is C14H14FN3O3. The van der Waals surface area contributed by atoms with Crippen LogP contribution >= 0.6 is 0 Å². The van der Waals surface area contributed by atoms with Gasteiger partial charge in [0.25, 0.3) is 11.6 Å². The van der Waals surface area contributed by atoms with E-state index in [2.05, 4.69) is 11.4 Å². The second kappa shape index (κ2) is 5.87. The first-order valence-corrected chi connectivity index (χ1v) is 6.65. The van der Waals surface area contributed by atoms with Gasteiger partial charge in [-0.2, -0.15) is 5.26 Å². The first-order chi connectivity index (χ1) is 9.97. The summed E-state index contributed by atoms with van der Waals surface area (Å²) in [5, 5.41) is 22.5. The molecule has 6 nitrogen and oxygen atoms in total. The van der Waals surface area contributed by atoms with Crippen LogP contribution in [0.5, 0.6) is 0 Å². The largest absolute Gasteiger partial charge is 0.334 e. The van der Waals surface area contributed by atoms with Crippen LogP contribution in [0.4, 0.5) is 10.1 Å². The monoisotopic (exact) mass is 291 g/mol. The van der Waals surface area contributed by atoms with Gasteiger partial charge in [0, 0.05) is 12.1 Å². The van der Waals surface area contributed by atoms with Crippen LogP contribution in [0.3, 0.4) is 0 Å². The summed E-state index contributed by atoms with van der Waals surface area (Å²) in [6.07, 6.45) is 3.62. The van der Waals surface area contributed by atoms with Gasteiger partial charge in [0.05, 0.1) is 16.6 Å². The SMILES string of the molecule is N#CC1(NC(=O)c2cc([N+](=O)[O-])ccc2F)CCCCC1. The number of nitrogens with zero attached hydrogens (tertiary/aromatic N) is 2. The van der Waals surface area contributed by atoms with Crippen molar-refractivity contribution in [3.05, 3.63) is 39.7 Å². The number of hydrogen-bond donors (Lipinski definition) is 1. The number of nitro benzene ring substituents is 1. The van der Waals surface area contributed by atoms with E-state index in [1.54, 1.807) is 0 Å². The standard InChI is InChI=1S/C14H14FN3O3/c15-12-5-4-10(18(20)21)8-11(12)13(19)17-14(9-16)6-2-1-3-7-14/h4-5,8H,1-3,6-7H2,(H,17,19). The lowest BCUT2D eigenvalue weighted by atomic mass is 9.82. The van der Waals surface area contributed by atoms with Gasteiger partial charge < -0.3 is 5.32 Å².